The SMILES string of the molecule is Cc1cc2nc(CCN)n(Cc3ccc(C(C)(C)C)cc3)c2cc1C. The van der Waals surface area contributed by atoms with E-state index in [1.165, 1.54) is 27.8 Å². The summed E-state index contributed by atoms with van der Waals surface area (Å²) in [6, 6.07) is 13.4. The molecule has 132 valence electrons. The highest BCUT2D eigenvalue weighted by molar-refractivity contribution is 5.78. The second kappa shape index (κ2) is 6.64. The van der Waals surface area contributed by atoms with Gasteiger partial charge in [-0.2, -0.15) is 0 Å². The van der Waals surface area contributed by atoms with E-state index in [2.05, 4.69) is 75.6 Å². The Morgan fingerprint density at radius 2 is 1.64 bits per heavy atom. The maximum absolute atomic E-state index is 5.82. The molecule has 0 saturated carbocycles. The number of imidazole rings is 1. The third kappa shape index (κ3) is 3.62. The van der Waals surface area contributed by atoms with E-state index in [1.807, 2.05) is 0 Å². The van der Waals surface area contributed by atoms with Crippen LogP contribution in [-0.2, 0) is 18.4 Å². The zero-order valence-electron chi connectivity index (χ0n) is 16.1. The Kier molecular flexibility index (Phi) is 4.70. The summed E-state index contributed by atoms with van der Waals surface area (Å²) in [5.41, 5.74) is 13.5. The number of aromatic nitrogens is 2. The van der Waals surface area contributed by atoms with E-state index in [9.17, 15) is 0 Å². The Hall–Kier alpha value is -2.13. The lowest BCUT2D eigenvalue weighted by molar-refractivity contribution is 0.589. The Bertz CT molecular complexity index is 880. The highest BCUT2D eigenvalue weighted by Gasteiger charge is 2.15. The summed E-state index contributed by atoms with van der Waals surface area (Å²) in [6.45, 7) is 12.5. The average Bonchev–Trinajstić information content (AvgIpc) is 2.85. The van der Waals surface area contributed by atoms with Gasteiger partial charge in [-0.25, -0.2) is 4.98 Å². The van der Waals surface area contributed by atoms with E-state index in [-0.39, 0.29) is 5.41 Å². The van der Waals surface area contributed by atoms with Gasteiger partial charge in [0.25, 0.3) is 0 Å². The van der Waals surface area contributed by atoms with Crippen LogP contribution in [0.3, 0.4) is 0 Å². The van der Waals surface area contributed by atoms with Gasteiger partial charge < -0.3 is 10.3 Å². The van der Waals surface area contributed by atoms with E-state index >= 15 is 0 Å². The third-order valence-electron chi connectivity index (χ3n) is 4.97. The fraction of sp³-hybridized carbons (Fsp3) is 0.409. The van der Waals surface area contributed by atoms with Crippen LogP contribution in [0.1, 0.15) is 48.8 Å². The summed E-state index contributed by atoms with van der Waals surface area (Å²) in [5, 5.41) is 0. The van der Waals surface area contributed by atoms with Gasteiger partial charge in [0.1, 0.15) is 5.82 Å². The molecule has 1 aromatic heterocycles. The van der Waals surface area contributed by atoms with Crippen molar-refractivity contribution in [3.05, 3.63) is 64.5 Å². The molecule has 0 aliphatic carbocycles. The second-order valence-electron chi connectivity index (χ2n) is 8.02. The highest BCUT2D eigenvalue weighted by Crippen LogP contribution is 2.25. The predicted octanol–water partition coefficient (Wildman–Crippen LogP) is 4.50. The van der Waals surface area contributed by atoms with Crippen LogP contribution in [-0.4, -0.2) is 16.1 Å². The molecule has 2 aromatic carbocycles. The molecule has 25 heavy (non-hydrogen) atoms. The standard InChI is InChI=1S/C22H29N3/c1-15-12-19-20(13-16(15)2)25(21(24-19)10-11-23)14-17-6-8-18(9-7-17)22(3,4)5/h6-9,12-13H,10-11,14,23H2,1-5H3. The fourth-order valence-corrected chi connectivity index (χ4v) is 3.22. The van der Waals surface area contributed by atoms with Gasteiger partial charge in [-0.3, -0.25) is 0 Å². The molecule has 0 fully saturated rings. The smallest absolute Gasteiger partial charge is 0.111 e. The van der Waals surface area contributed by atoms with Gasteiger partial charge in [-0.15, -0.1) is 0 Å². The zero-order valence-corrected chi connectivity index (χ0v) is 16.1. The Balaban J connectivity index is 2.02. The van der Waals surface area contributed by atoms with Crippen LogP contribution in [0.15, 0.2) is 36.4 Å². The molecule has 0 unspecified atom stereocenters. The van der Waals surface area contributed by atoms with E-state index in [1.54, 1.807) is 0 Å². The van der Waals surface area contributed by atoms with E-state index in [4.69, 9.17) is 10.7 Å². The molecule has 3 rings (SSSR count). The molecule has 2 N–H and O–H groups in total. The molecule has 0 atom stereocenters. The summed E-state index contributed by atoms with van der Waals surface area (Å²) in [7, 11) is 0. The monoisotopic (exact) mass is 335 g/mol. The number of nitrogens with two attached hydrogens (primary N) is 1. The lowest BCUT2D eigenvalue weighted by atomic mass is 9.87. The number of aryl methyl sites for hydroxylation is 2. The quantitative estimate of drug-likeness (QED) is 0.763. The first kappa shape index (κ1) is 17.7. The first-order chi connectivity index (χ1) is 11.8. The molecule has 0 aliphatic heterocycles. The largest absolute Gasteiger partial charge is 0.330 e. The van der Waals surface area contributed by atoms with E-state index < -0.39 is 0 Å². The van der Waals surface area contributed by atoms with Gasteiger partial charge in [-0.05, 0) is 60.2 Å². The summed E-state index contributed by atoms with van der Waals surface area (Å²) in [6.07, 6.45) is 0.798. The van der Waals surface area contributed by atoms with Crippen LogP contribution in [0.2, 0.25) is 0 Å². The molecule has 1 heterocycles. The summed E-state index contributed by atoms with van der Waals surface area (Å²) in [5.74, 6) is 1.07. The van der Waals surface area contributed by atoms with Crippen molar-refractivity contribution in [1.29, 1.82) is 0 Å². The number of fused-ring (bicyclic) bond motifs is 1. The average molecular weight is 335 g/mol. The van der Waals surface area contributed by atoms with Crippen molar-refractivity contribution in [1.82, 2.24) is 9.55 Å². The first-order valence-electron chi connectivity index (χ1n) is 9.05. The lowest BCUT2D eigenvalue weighted by Gasteiger charge is -2.19. The van der Waals surface area contributed by atoms with E-state index in [0.717, 1.165) is 24.3 Å². The van der Waals surface area contributed by atoms with Gasteiger partial charge in [0.15, 0.2) is 0 Å². The van der Waals surface area contributed by atoms with Crippen molar-refractivity contribution in [3.8, 4) is 0 Å². The van der Waals surface area contributed by atoms with Crippen LogP contribution in [0.25, 0.3) is 11.0 Å². The van der Waals surface area contributed by atoms with Crippen LogP contribution < -0.4 is 5.73 Å². The molecule has 3 nitrogen and oxygen atoms in total. The topological polar surface area (TPSA) is 43.8 Å². The molecular weight excluding hydrogens is 306 g/mol. The van der Waals surface area contributed by atoms with Crippen molar-refractivity contribution in [3.63, 3.8) is 0 Å². The van der Waals surface area contributed by atoms with Gasteiger partial charge in [-0.1, -0.05) is 45.0 Å². The lowest BCUT2D eigenvalue weighted by Crippen LogP contribution is -2.12. The normalized spacial score (nSPS) is 12.1. The summed E-state index contributed by atoms with van der Waals surface area (Å²) in [4.78, 5) is 4.84. The van der Waals surface area contributed by atoms with Crippen LogP contribution >= 0.6 is 0 Å². The molecule has 3 heteroatoms. The minimum atomic E-state index is 0.180. The van der Waals surface area contributed by atoms with Crippen molar-refractivity contribution in [2.75, 3.05) is 6.54 Å². The predicted molar refractivity (Wildman–Crippen MR) is 106 cm³/mol. The fourth-order valence-electron chi connectivity index (χ4n) is 3.22. The first-order valence-corrected chi connectivity index (χ1v) is 9.05. The Morgan fingerprint density at radius 3 is 2.24 bits per heavy atom. The minimum Gasteiger partial charge on any atom is -0.330 e. The summed E-state index contributed by atoms with van der Waals surface area (Å²) >= 11 is 0. The third-order valence-corrected chi connectivity index (χ3v) is 4.97. The number of hydrogen-bond donors (Lipinski definition) is 1. The van der Waals surface area contributed by atoms with Crippen molar-refractivity contribution in [2.45, 2.75) is 53.0 Å². The number of nitrogens with zero attached hydrogens (tertiary/aromatic N) is 2. The van der Waals surface area contributed by atoms with E-state index in [0.29, 0.717) is 6.54 Å². The molecular formula is C22H29N3. The van der Waals surface area contributed by atoms with Crippen molar-refractivity contribution >= 4 is 11.0 Å². The zero-order chi connectivity index (χ0) is 18.2. The minimum absolute atomic E-state index is 0.180. The molecule has 0 bridgehead atoms. The van der Waals surface area contributed by atoms with Crippen LogP contribution in [0.5, 0.6) is 0 Å². The maximum atomic E-state index is 5.82. The van der Waals surface area contributed by atoms with Crippen LogP contribution in [0, 0.1) is 13.8 Å². The van der Waals surface area contributed by atoms with Gasteiger partial charge in [0.2, 0.25) is 0 Å². The molecule has 0 aliphatic rings. The number of hydrogen-bond acceptors (Lipinski definition) is 2. The highest BCUT2D eigenvalue weighted by atomic mass is 15.1. The van der Waals surface area contributed by atoms with Crippen LogP contribution in [0.4, 0.5) is 0 Å². The van der Waals surface area contributed by atoms with Gasteiger partial charge in [0.05, 0.1) is 11.0 Å². The van der Waals surface area contributed by atoms with Gasteiger partial charge in [0, 0.05) is 13.0 Å². The molecule has 0 amide bonds. The Labute approximate surface area is 150 Å². The summed E-state index contributed by atoms with van der Waals surface area (Å²) < 4.78 is 2.32. The number of rotatable bonds is 4. The van der Waals surface area contributed by atoms with Crippen molar-refractivity contribution < 1.29 is 0 Å². The maximum Gasteiger partial charge on any atom is 0.111 e. The van der Waals surface area contributed by atoms with Gasteiger partial charge >= 0.3 is 0 Å². The molecule has 0 spiro atoms. The molecule has 0 radical (unpaired) electrons. The molecule has 0 saturated heterocycles. The van der Waals surface area contributed by atoms with Crippen molar-refractivity contribution in [2.24, 2.45) is 5.73 Å². The second-order valence-corrected chi connectivity index (χ2v) is 8.02. The molecule has 3 aromatic rings. The number of benzene rings is 2. The Morgan fingerprint density at radius 1 is 1.00 bits per heavy atom.